The fourth-order valence-electron chi connectivity index (χ4n) is 11.3. The van der Waals surface area contributed by atoms with Gasteiger partial charge in [-0.2, -0.15) is 0 Å². The number of ether oxygens (including phenoxy) is 4. The van der Waals surface area contributed by atoms with Crippen molar-refractivity contribution >= 4 is 50.4 Å². The number of phosphoric ester groups is 2. The van der Waals surface area contributed by atoms with Crippen LogP contribution in [0.25, 0.3) is 11.5 Å². The Morgan fingerprint density at radius 2 is 1.04 bits per heavy atom. The average Bonchev–Trinajstić information content (AvgIpc) is 3.05. The third-order valence-corrected chi connectivity index (χ3v) is 14.0. The maximum absolute atomic E-state index is 11.6. The van der Waals surface area contributed by atoms with Gasteiger partial charge in [0, 0.05) is 11.1 Å². The van der Waals surface area contributed by atoms with E-state index in [4.69, 9.17) is 46.7 Å². The van der Waals surface area contributed by atoms with Gasteiger partial charge in [0.2, 0.25) is 0 Å². The van der Waals surface area contributed by atoms with Crippen LogP contribution in [0.5, 0.6) is 11.5 Å². The summed E-state index contributed by atoms with van der Waals surface area (Å²) in [7, 11) is -6.89. The second kappa shape index (κ2) is 20.0. The predicted octanol–water partition coefficient (Wildman–Crippen LogP) is -4.75. The molecular formula is C37H42Cl2Na4O12P2+2. The zero-order valence-corrected chi connectivity index (χ0v) is 44.6. The van der Waals surface area contributed by atoms with Crippen LogP contribution < -0.4 is 137 Å². The van der Waals surface area contributed by atoms with E-state index in [-0.39, 0.29) is 181 Å². The van der Waals surface area contributed by atoms with E-state index in [1.165, 1.54) is 29.3 Å². The van der Waals surface area contributed by atoms with Crippen molar-refractivity contribution in [3.63, 3.8) is 0 Å². The molecule has 4 unspecified atom stereocenters. The molecule has 0 heterocycles. The second-order valence-corrected chi connectivity index (χ2v) is 18.9. The third kappa shape index (κ3) is 11.1. The van der Waals surface area contributed by atoms with Crippen molar-refractivity contribution in [2.45, 2.75) is 75.4 Å². The molecule has 2 aromatic rings. The average molecular weight is 904 g/mol. The summed E-state index contributed by atoms with van der Waals surface area (Å²) in [6.45, 7) is 0.216. The summed E-state index contributed by atoms with van der Waals surface area (Å²) in [5, 5.41) is 0.123. The largest absolute Gasteiger partial charge is 1.00 e. The summed E-state index contributed by atoms with van der Waals surface area (Å²) in [5.74, 6) is 3.03. The molecule has 0 spiro atoms. The Balaban J connectivity index is 0.00000180. The van der Waals surface area contributed by atoms with Gasteiger partial charge in [-0.05, 0) is 147 Å². The van der Waals surface area contributed by atoms with Crippen molar-refractivity contribution in [2.24, 2.45) is 35.5 Å². The number of hydrogen-bond donors (Lipinski definition) is 2. The Morgan fingerprint density at radius 3 is 1.37 bits per heavy atom. The van der Waals surface area contributed by atoms with Crippen LogP contribution >= 0.6 is 38.8 Å². The van der Waals surface area contributed by atoms with Crippen molar-refractivity contribution in [1.29, 1.82) is 0 Å². The monoisotopic (exact) mass is 902 g/mol. The molecule has 2 aromatic carbocycles. The van der Waals surface area contributed by atoms with Crippen LogP contribution in [0.1, 0.15) is 75.3 Å². The van der Waals surface area contributed by atoms with Crippen LogP contribution in [-0.2, 0) is 28.1 Å². The van der Waals surface area contributed by atoms with Crippen LogP contribution in [0, 0.1) is 35.5 Å². The Bertz CT molecular complexity index is 1800. The molecule has 8 aliphatic rings. The minimum absolute atomic E-state index is 0. The van der Waals surface area contributed by atoms with Gasteiger partial charge in [-0.25, -0.2) is 4.57 Å². The Labute approximate surface area is 431 Å². The van der Waals surface area contributed by atoms with Gasteiger partial charge in [0.25, 0.3) is 0 Å². The second-order valence-electron chi connectivity index (χ2n) is 15.8. The van der Waals surface area contributed by atoms with Crippen LogP contribution in [-0.4, -0.2) is 42.0 Å². The van der Waals surface area contributed by atoms with Crippen LogP contribution in [0.4, 0.5) is 0 Å². The quantitative estimate of drug-likeness (QED) is 0.0903. The van der Waals surface area contributed by atoms with Gasteiger partial charge < -0.3 is 42.3 Å². The van der Waals surface area contributed by atoms with Gasteiger partial charge in [-0.1, -0.05) is 23.2 Å². The van der Waals surface area contributed by atoms with Crippen LogP contribution in [0.2, 0.25) is 10.0 Å². The molecule has 0 saturated heterocycles. The maximum Gasteiger partial charge on any atom is 1.00 e. The molecule has 0 aromatic heterocycles. The first-order chi connectivity index (χ1) is 25.1. The number of allylic oxidation sites excluding steroid dienone is 2. The van der Waals surface area contributed by atoms with Gasteiger partial charge in [-0.15, -0.1) is 0 Å². The summed E-state index contributed by atoms with van der Waals surface area (Å²) in [6.07, 6.45) is 9.43. The van der Waals surface area contributed by atoms with E-state index >= 15 is 0 Å². The molecule has 2 N–H and O–H groups in total. The van der Waals surface area contributed by atoms with Gasteiger partial charge in [0.1, 0.15) is 31.9 Å². The molecule has 0 amide bonds. The van der Waals surface area contributed by atoms with Crippen molar-refractivity contribution < 1.29 is 175 Å². The van der Waals surface area contributed by atoms with E-state index in [1.54, 1.807) is 32.4 Å². The molecular weight excluding hydrogens is 861 g/mol. The molecule has 4 atom stereocenters. The molecule has 0 aliphatic heterocycles. The van der Waals surface area contributed by atoms with Crippen molar-refractivity contribution in [3.05, 3.63) is 68.7 Å². The number of phosphoric acid groups is 2. The Morgan fingerprint density at radius 1 is 0.667 bits per heavy atom. The minimum atomic E-state index is -5.30. The molecule has 8 saturated carbocycles. The summed E-state index contributed by atoms with van der Waals surface area (Å²) in [4.78, 5) is 41.5. The number of methoxy groups -OCH3 is 2. The SMILES string of the molecule is COC(=C1C2CC3CC1CC(OCOC14CC5CC(C1)C(=C(OC)c1ccc(Cl)c(OP(=O)(O)O)c1)C(C5)C4)(C3)C2)c1ccc(Cl)c(OP(=O)([O-])[O-])c1.[Na+].[Na+].[Na+].[Na+]. The summed E-state index contributed by atoms with van der Waals surface area (Å²) in [5.41, 5.74) is 3.09. The molecule has 20 heteroatoms. The topological polar surface area (TPSA) is 176 Å². The molecule has 0 radical (unpaired) electrons. The maximum atomic E-state index is 11.6. The van der Waals surface area contributed by atoms with E-state index < -0.39 is 15.6 Å². The zero-order valence-electron chi connectivity index (χ0n) is 33.3. The molecule has 12 nitrogen and oxygen atoms in total. The first-order valence-electron chi connectivity index (χ1n) is 18.0. The molecule has 10 rings (SSSR count). The van der Waals surface area contributed by atoms with E-state index in [1.807, 2.05) is 0 Å². The summed E-state index contributed by atoms with van der Waals surface area (Å²) < 4.78 is 58.0. The Kier molecular flexibility index (Phi) is 18.1. The first-order valence-corrected chi connectivity index (χ1v) is 21.7. The fraction of sp³-hybridized carbons (Fsp3) is 0.568. The van der Waals surface area contributed by atoms with E-state index in [0.29, 0.717) is 34.5 Å². The van der Waals surface area contributed by atoms with Crippen molar-refractivity contribution in [1.82, 2.24) is 0 Å². The van der Waals surface area contributed by atoms with Crippen LogP contribution in [0.3, 0.4) is 0 Å². The zero-order chi connectivity index (χ0) is 37.5. The van der Waals surface area contributed by atoms with Crippen molar-refractivity contribution in [3.8, 4) is 11.5 Å². The van der Waals surface area contributed by atoms with Gasteiger partial charge in [0.15, 0.2) is 5.75 Å². The van der Waals surface area contributed by atoms with E-state index in [2.05, 4.69) is 4.52 Å². The van der Waals surface area contributed by atoms with E-state index in [0.717, 1.165) is 64.2 Å². The van der Waals surface area contributed by atoms with Crippen LogP contribution in [0.15, 0.2) is 47.5 Å². The smallest absolute Gasteiger partial charge is 0.780 e. The standard InChI is InChI=1S/C37H44Cl2O12P2.4Na/c1-46-34(22-3-5-28(38)30(11-22)50-52(40,41)42)32-24-7-20-8-25(32)16-36(13-20,15-24)48-19-49-37-14-21-9-26(17-37)33(27(10-21)18-37)35(47-2)23-4-6-29(39)31(12-23)51-53(43,44)45;;;;/h3-6,11-12,20-21,24-27H,7-10,13-19H2,1-2H3,(H2,40,41,42)(H2,43,44,45);;;;/q;4*+1/p-2. The molecule has 57 heavy (non-hydrogen) atoms. The van der Waals surface area contributed by atoms with Gasteiger partial charge in [-0.3, -0.25) is 9.79 Å². The van der Waals surface area contributed by atoms with E-state index in [9.17, 15) is 28.7 Å². The fourth-order valence-corrected chi connectivity index (χ4v) is 12.5. The molecule has 8 bridgehead atoms. The first kappa shape index (κ1) is 51.6. The Hall–Kier alpha value is 1.92. The molecule has 8 fully saturated rings. The number of benzene rings is 2. The summed E-state index contributed by atoms with van der Waals surface area (Å²) in [6, 6.07) is 9.60. The normalized spacial score (nSPS) is 30.3. The summed E-state index contributed by atoms with van der Waals surface area (Å²) >= 11 is 12.4. The molecule has 8 aliphatic carbocycles. The predicted molar refractivity (Wildman–Crippen MR) is 191 cm³/mol. The van der Waals surface area contributed by atoms with Gasteiger partial charge >= 0.3 is 126 Å². The van der Waals surface area contributed by atoms with Gasteiger partial charge in [0.05, 0.1) is 35.5 Å². The molecule has 288 valence electrons. The minimum Gasteiger partial charge on any atom is -0.780 e. The number of halogens is 2. The van der Waals surface area contributed by atoms with Crippen molar-refractivity contribution in [2.75, 3.05) is 21.0 Å². The third-order valence-electron chi connectivity index (χ3n) is 12.5. The number of rotatable bonds is 12. The number of hydrogen-bond acceptors (Lipinski definition) is 10.